The largest absolute Gasteiger partial charge is 0.269 e. The minimum atomic E-state index is 0.552. The Morgan fingerprint density at radius 2 is 2.46 bits per heavy atom. The van der Waals surface area contributed by atoms with Gasteiger partial charge in [0.05, 0.1) is 0 Å². The molecule has 1 heteroatoms. The van der Waals surface area contributed by atoms with Crippen LogP contribution in [0.3, 0.4) is 0 Å². The van der Waals surface area contributed by atoms with Crippen molar-refractivity contribution in [3.05, 3.63) is 11.8 Å². The smallest absolute Gasteiger partial charge is 0.0259 e. The zero-order valence-corrected chi connectivity index (χ0v) is 8.71. The predicted molar refractivity (Wildman–Crippen MR) is 56.9 cm³/mol. The van der Waals surface area contributed by atoms with Crippen LogP contribution in [-0.2, 0) is 0 Å². The van der Waals surface area contributed by atoms with Crippen LogP contribution >= 0.6 is 0 Å². The summed E-state index contributed by atoms with van der Waals surface area (Å²) < 4.78 is 0. The molecule has 1 aliphatic carbocycles. The average molecular weight is 177 g/mol. The van der Waals surface area contributed by atoms with Gasteiger partial charge in [-0.2, -0.15) is 0 Å². The van der Waals surface area contributed by atoms with Gasteiger partial charge in [0.1, 0.15) is 0 Å². The molecule has 1 saturated carbocycles. The van der Waals surface area contributed by atoms with Crippen LogP contribution in [0.15, 0.2) is 16.8 Å². The van der Waals surface area contributed by atoms with Gasteiger partial charge in [-0.3, -0.25) is 4.99 Å². The molecule has 0 spiro atoms. The second-order valence-electron chi connectivity index (χ2n) is 4.69. The Kier molecular flexibility index (Phi) is 2.27. The van der Waals surface area contributed by atoms with E-state index in [0.717, 1.165) is 5.92 Å². The molecule has 0 amide bonds. The molecular weight excluding hydrogens is 158 g/mol. The molecular formula is C12H19N. The summed E-state index contributed by atoms with van der Waals surface area (Å²) in [6, 6.07) is 0. The normalized spacial score (nSPS) is 38.3. The van der Waals surface area contributed by atoms with Crippen LogP contribution in [-0.4, -0.2) is 6.21 Å². The summed E-state index contributed by atoms with van der Waals surface area (Å²) in [5.74, 6) is 0.795. The maximum Gasteiger partial charge on any atom is 0.0259 e. The topological polar surface area (TPSA) is 12.4 Å². The lowest BCUT2D eigenvalue weighted by Crippen LogP contribution is -2.33. The first-order valence-electron chi connectivity index (χ1n) is 5.47. The molecule has 2 aliphatic rings. The van der Waals surface area contributed by atoms with Crippen LogP contribution < -0.4 is 0 Å². The van der Waals surface area contributed by atoms with Gasteiger partial charge < -0.3 is 0 Å². The number of allylic oxidation sites excluding steroid dienone is 1. The van der Waals surface area contributed by atoms with Crippen molar-refractivity contribution in [3.63, 3.8) is 0 Å². The van der Waals surface area contributed by atoms with Gasteiger partial charge in [-0.1, -0.05) is 20.3 Å². The molecule has 0 saturated heterocycles. The molecule has 0 aromatic rings. The first-order chi connectivity index (χ1) is 6.26. The van der Waals surface area contributed by atoms with Gasteiger partial charge in [0.2, 0.25) is 0 Å². The van der Waals surface area contributed by atoms with Crippen LogP contribution in [0, 0.1) is 11.3 Å². The molecule has 0 radical (unpaired) electrons. The van der Waals surface area contributed by atoms with Gasteiger partial charge in [-0.05, 0) is 42.6 Å². The maximum atomic E-state index is 4.27. The number of hydrogen-bond donors (Lipinski definition) is 0. The van der Waals surface area contributed by atoms with Crippen LogP contribution in [0.25, 0.3) is 0 Å². The molecule has 0 aromatic carbocycles. The Morgan fingerprint density at radius 1 is 1.62 bits per heavy atom. The van der Waals surface area contributed by atoms with E-state index in [-0.39, 0.29) is 0 Å². The highest BCUT2D eigenvalue weighted by molar-refractivity contribution is 5.61. The van der Waals surface area contributed by atoms with Gasteiger partial charge >= 0.3 is 0 Å². The van der Waals surface area contributed by atoms with E-state index in [9.17, 15) is 0 Å². The molecule has 1 nitrogen and oxygen atoms in total. The van der Waals surface area contributed by atoms with E-state index in [1.807, 2.05) is 0 Å². The van der Waals surface area contributed by atoms with Crippen molar-refractivity contribution in [2.24, 2.45) is 16.3 Å². The second kappa shape index (κ2) is 3.28. The number of aliphatic imine (C=N–C) groups is 1. The summed E-state index contributed by atoms with van der Waals surface area (Å²) in [5, 5.41) is 0. The maximum absolute atomic E-state index is 4.27. The SMILES string of the molecule is CC[C@]1(C)CCCC2=CN=CCC21. The number of hydrogen-bond acceptors (Lipinski definition) is 1. The average Bonchev–Trinajstić information content (AvgIpc) is 2.19. The molecule has 0 aromatic heterocycles. The number of nitrogens with zero attached hydrogens (tertiary/aromatic N) is 1. The summed E-state index contributed by atoms with van der Waals surface area (Å²) in [4.78, 5) is 4.27. The third-order valence-corrected chi connectivity index (χ3v) is 4.00. The molecule has 2 atom stereocenters. The van der Waals surface area contributed by atoms with Gasteiger partial charge in [0.15, 0.2) is 0 Å². The van der Waals surface area contributed by atoms with Crippen molar-refractivity contribution in [1.29, 1.82) is 0 Å². The molecule has 1 unspecified atom stereocenters. The van der Waals surface area contributed by atoms with E-state index in [2.05, 4.69) is 31.3 Å². The highest BCUT2D eigenvalue weighted by atomic mass is 14.7. The molecule has 13 heavy (non-hydrogen) atoms. The first-order valence-corrected chi connectivity index (χ1v) is 5.47. The van der Waals surface area contributed by atoms with E-state index in [4.69, 9.17) is 0 Å². The minimum Gasteiger partial charge on any atom is -0.269 e. The van der Waals surface area contributed by atoms with E-state index < -0.39 is 0 Å². The van der Waals surface area contributed by atoms with Crippen LogP contribution in [0.2, 0.25) is 0 Å². The van der Waals surface area contributed by atoms with E-state index in [1.165, 1.54) is 32.1 Å². The molecule has 0 N–H and O–H groups in total. The van der Waals surface area contributed by atoms with Crippen LogP contribution in [0.1, 0.15) is 46.0 Å². The van der Waals surface area contributed by atoms with Crippen molar-refractivity contribution in [2.75, 3.05) is 0 Å². The molecule has 72 valence electrons. The van der Waals surface area contributed by atoms with Crippen molar-refractivity contribution in [3.8, 4) is 0 Å². The fourth-order valence-corrected chi connectivity index (χ4v) is 2.82. The van der Waals surface area contributed by atoms with Crippen molar-refractivity contribution in [1.82, 2.24) is 0 Å². The Bertz CT molecular complexity index is 252. The highest BCUT2D eigenvalue weighted by Crippen LogP contribution is 2.48. The Balaban J connectivity index is 2.25. The molecule has 1 aliphatic heterocycles. The number of fused-ring (bicyclic) bond motifs is 1. The Morgan fingerprint density at radius 3 is 3.23 bits per heavy atom. The lowest BCUT2D eigenvalue weighted by molar-refractivity contribution is 0.160. The minimum absolute atomic E-state index is 0.552. The van der Waals surface area contributed by atoms with Gasteiger partial charge in [-0.15, -0.1) is 0 Å². The Hall–Kier alpha value is -0.590. The monoisotopic (exact) mass is 177 g/mol. The summed E-state index contributed by atoms with van der Waals surface area (Å²) in [6.07, 6.45) is 10.7. The standard InChI is InChI=1S/C12H19N/c1-3-12(2)7-4-5-10-9-13-8-6-11(10)12/h8-9,11H,3-7H2,1-2H3/t11?,12-/m1/s1. The van der Waals surface area contributed by atoms with Crippen molar-refractivity contribution < 1.29 is 0 Å². The molecule has 1 heterocycles. The lowest BCUT2D eigenvalue weighted by Gasteiger charge is -2.43. The third kappa shape index (κ3) is 1.45. The fourth-order valence-electron chi connectivity index (χ4n) is 2.82. The summed E-state index contributed by atoms with van der Waals surface area (Å²) in [5.41, 5.74) is 2.16. The summed E-state index contributed by atoms with van der Waals surface area (Å²) in [6.45, 7) is 4.78. The van der Waals surface area contributed by atoms with Crippen LogP contribution in [0.5, 0.6) is 0 Å². The second-order valence-corrected chi connectivity index (χ2v) is 4.69. The first kappa shape index (κ1) is 8.98. The van der Waals surface area contributed by atoms with Gasteiger partial charge in [0, 0.05) is 12.4 Å². The molecule has 0 bridgehead atoms. The van der Waals surface area contributed by atoms with E-state index in [0.29, 0.717) is 5.41 Å². The van der Waals surface area contributed by atoms with Gasteiger partial charge in [-0.25, -0.2) is 0 Å². The van der Waals surface area contributed by atoms with Gasteiger partial charge in [0.25, 0.3) is 0 Å². The highest BCUT2D eigenvalue weighted by Gasteiger charge is 2.37. The van der Waals surface area contributed by atoms with E-state index in [1.54, 1.807) is 5.57 Å². The predicted octanol–water partition coefficient (Wildman–Crippen LogP) is 3.56. The van der Waals surface area contributed by atoms with Crippen LogP contribution in [0.4, 0.5) is 0 Å². The molecule has 1 fully saturated rings. The quantitative estimate of drug-likeness (QED) is 0.580. The summed E-state index contributed by atoms with van der Waals surface area (Å²) in [7, 11) is 0. The van der Waals surface area contributed by atoms with Crippen molar-refractivity contribution in [2.45, 2.75) is 46.0 Å². The van der Waals surface area contributed by atoms with Crippen molar-refractivity contribution >= 4 is 6.21 Å². The zero-order chi connectivity index (χ0) is 9.31. The lowest BCUT2D eigenvalue weighted by atomic mass is 9.62. The Labute approximate surface area is 80.9 Å². The zero-order valence-electron chi connectivity index (χ0n) is 8.71. The van der Waals surface area contributed by atoms with E-state index >= 15 is 0 Å². The number of rotatable bonds is 1. The molecule has 2 rings (SSSR count). The fraction of sp³-hybridized carbons (Fsp3) is 0.750. The summed E-state index contributed by atoms with van der Waals surface area (Å²) >= 11 is 0. The third-order valence-electron chi connectivity index (χ3n) is 4.00.